The van der Waals surface area contributed by atoms with Crippen LogP contribution in [-0.2, 0) is 23.0 Å². The molecule has 0 radical (unpaired) electrons. The molecule has 1 amide bonds. The first-order valence-electron chi connectivity index (χ1n) is 11.2. The molecule has 0 bridgehead atoms. The molecule has 162 valence electrons. The summed E-state index contributed by atoms with van der Waals surface area (Å²) in [6, 6.07) is 6.21. The Bertz CT molecular complexity index is 1090. The Morgan fingerprint density at radius 3 is 2.43 bits per heavy atom. The van der Waals surface area contributed by atoms with Crippen molar-refractivity contribution in [1.82, 2.24) is 13.8 Å². The SMILES string of the molecule is CC1CCN(C(=O)c2ccc3c(c2)c2c(n3S(C)(=O)=O)CCN(C3CCC3)C2)CC1. The number of likely N-dealkylation sites (tertiary alicyclic amines) is 1. The van der Waals surface area contributed by atoms with Gasteiger partial charge in [0.05, 0.1) is 11.8 Å². The number of hydrogen-bond donors (Lipinski definition) is 0. The van der Waals surface area contributed by atoms with E-state index in [1.165, 1.54) is 29.5 Å². The molecular weight excluding hydrogens is 398 g/mol. The summed E-state index contributed by atoms with van der Waals surface area (Å²) < 4.78 is 26.8. The highest BCUT2D eigenvalue weighted by Gasteiger charge is 2.33. The Hall–Kier alpha value is -1.86. The number of carbonyl (C=O) groups is 1. The van der Waals surface area contributed by atoms with Crippen LogP contribution in [0.3, 0.4) is 0 Å². The van der Waals surface area contributed by atoms with Crippen molar-refractivity contribution >= 4 is 26.8 Å². The van der Waals surface area contributed by atoms with Gasteiger partial charge in [-0.3, -0.25) is 9.69 Å². The molecule has 0 atom stereocenters. The zero-order valence-electron chi connectivity index (χ0n) is 17.9. The maximum Gasteiger partial charge on any atom is 0.253 e. The lowest BCUT2D eigenvalue weighted by atomic mass is 9.89. The molecule has 0 spiro atoms. The average Bonchev–Trinajstić information content (AvgIpc) is 3.00. The van der Waals surface area contributed by atoms with E-state index in [1.54, 1.807) is 6.07 Å². The molecule has 2 aromatic rings. The first-order valence-corrected chi connectivity index (χ1v) is 13.1. The van der Waals surface area contributed by atoms with Gasteiger partial charge in [0.2, 0.25) is 10.0 Å². The summed E-state index contributed by atoms with van der Waals surface area (Å²) in [5.74, 6) is 0.737. The molecule has 30 heavy (non-hydrogen) atoms. The van der Waals surface area contributed by atoms with Gasteiger partial charge < -0.3 is 4.90 Å². The zero-order valence-corrected chi connectivity index (χ0v) is 18.7. The van der Waals surface area contributed by atoms with Crippen molar-refractivity contribution in [2.75, 3.05) is 25.9 Å². The highest BCUT2D eigenvalue weighted by atomic mass is 32.2. The van der Waals surface area contributed by atoms with Crippen LogP contribution in [0.5, 0.6) is 0 Å². The van der Waals surface area contributed by atoms with Crippen molar-refractivity contribution in [2.24, 2.45) is 5.92 Å². The average molecular weight is 430 g/mol. The highest BCUT2D eigenvalue weighted by Crippen LogP contribution is 2.36. The van der Waals surface area contributed by atoms with Crippen LogP contribution in [0.15, 0.2) is 18.2 Å². The van der Waals surface area contributed by atoms with Gasteiger partial charge in [0, 0.05) is 55.3 Å². The Labute approximate surface area is 178 Å². The van der Waals surface area contributed by atoms with Crippen LogP contribution in [0.2, 0.25) is 0 Å². The van der Waals surface area contributed by atoms with Crippen LogP contribution >= 0.6 is 0 Å². The van der Waals surface area contributed by atoms with Crippen molar-refractivity contribution in [1.29, 1.82) is 0 Å². The van der Waals surface area contributed by atoms with Crippen molar-refractivity contribution in [2.45, 2.75) is 58.0 Å². The Morgan fingerprint density at radius 1 is 1.07 bits per heavy atom. The van der Waals surface area contributed by atoms with E-state index >= 15 is 0 Å². The van der Waals surface area contributed by atoms with E-state index < -0.39 is 10.0 Å². The van der Waals surface area contributed by atoms with Gasteiger partial charge in [0.15, 0.2) is 0 Å². The number of piperidine rings is 1. The third-order valence-corrected chi connectivity index (χ3v) is 8.45. The summed E-state index contributed by atoms with van der Waals surface area (Å²) in [6.07, 6.45) is 7.86. The second-order valence-electron chi connectivity index (χ2n) is 9.46. The summed E-state index contributed by atoms with van der Waals surface area (Å²) in [6.45, 7) is 5.52. The number of carbonyl (C=O) groups excluding carboxylic acids is 1. The van der Waals surface area contributed by atoms with Gasteiger partial charge >= 0.3 is 0 Å². The molecular formula is C23H31N3O3S. The molecule has 6 nitrogen and oxygen atoms in total. The van der Waals surface area contributed by atoms with Crippen molar-refractivity contribution < 1.29 is 13.2 Å². The molecule has 2 fully saturated rings. The van der Waals surface area contributed by atoms with Gasteiger partial charge in [-0.05, 0) is 55.4 Å². The fourth-order valence-electron chi connectivity index (χ4n) is 5.31. The van der Waals surface area contributed by atoms with E-state index in [0.717, 1.165) is 62.1 Å². The van der Waals surface area contributed by atoms with Gasteiger partial charge in [-0.1, -0.05) is 13.3 Å². The van der Waals surface area contributed by atoms with E-state index in [-0.39, 0.29) is 5.91 Å². The molecule has 3 heterocycles. The minimum absolute atomic E-state index is 0.0660. The first kappa shape index (κ1) is 20.1. The van der Waals surface area contributed by atoms with E-state index in [4.69, 9.17) is 0 Å². The molecule has 0 N–H and O–H groups in total. The molecule has 1 saturated heterocycles. The molecule has 1 aromatic carbocycles. The predicted molar refractivity (Wildman–Crippen MR) is 118 cm³/mol. The maximum absolute atomic E-state index is 13.1. The van der Waals surface area contributed by atoms with Gasteiger partial charge in [-0.15, -0.1) is 0 Å². The number of amides is 1. The quantitative estimate of drug-likeness (QED) is 0.752. The van der Waals surface area contributed by atoms with Gasteiger partial charge in [0.25, 0.3) is 5.91 Å². The molecule has 5 rings (SSSR count). The topological polar surface area (TPSA) is 62.6 Å². The summed E-state index contributed by atoms with van der Waals surface area (Å²) in [5, 5.41) is 0.927. The Morgan fingerprint density at radius 2 is 1.80 bits per heavy atom. The fourth-order valence-corrected chi connectivity index (χ4v) is 6.43. The molecule has 0 unspecified atom stereocenters. The lowest BCUT2D eigenvalue weighted by Crippen LogP contribution is -2.43. The maximum atomic E-state index is 13.1. The predicted octanol–water partition coefficient (Wildman–Crippen LogP) is 3.23. The van der Waals surface area contributed by atoms with E-state index in [9.17, 15) is 13.2 Å². The first-order chi connectivity index (χ1) is 14.3. The largest absolute Gasteiger partial charge is 0.339 e. The minimum atomic E-state index is -3.41. The fraction of sp³-hybridized carbons (Fsp3) is 0.609. The molecule has 3 aliphatic rings. The monoisotopic (exact) mass is 429 g/mol. The van der Waals surface area contributed by atoms with E-state index in [2.05, 4.69) is 11.8 Å². The van der Waals surface area contributed by atoms with Crippen LogP contribution in [0, 0.1) is 5.92 Å². The number of aromatic nitrogens is 1. The summed E-state index contributed by atoms with van der Waals surface area (Å²) in [4.78, 5) is 17.6. The molecule has 1 saturated carbocycles. The summed E-state index contributed by atoms with van der Waals surface area (Å²) in [7, 11) is -3.41. The third kappa shape index (κ3) is 3.36. The third-order valence-electron chi connectivity index (χ3n) is 7.37. The standard InChI is InChI=1S/C23H31N3O3S/c1-16-8-11-24(12-9-16)23(27)17-6-7-21-19(14-17)20-15-25(18-4-3-5-18)13-10-22(20)26(21)30(2,28)29/h6-7,14,16,18H,3-5,8-13,15H2,1-2H3. The highest BCUT2D eigenvalue weighted by molar-refractivity contribution is 7.89. The van der Waals surface area contributed by atoms with Crippen LogP contribution in [0.25, 0.3) is 10.9 Å². The molecule has 1 aliphatic carbocycles. The molecule has 1 aromatic heterocycles. The van der Waals surface area contributed by atoms with Crippen molar-refractivity contribution in [3.05, 3.63) is 35.0 Å². The van der Waals surface area contributed by atoms with Crippen LogP contribution in [-0.4, -0.2) is 60.0 Å². The number of fused-ring (bicyclic) bond motifs is 3. The van der Waals surface area contributed by atoms with Crippen molar-refractivity contribution in [3.8, 4) is 0 Å². The lowest BCUT2D eigenvalue weighted by molar-refractivity contribution is 0.0697. The lowest BCUT2D eigenvalue weighted by Gasteiger charge is -2.40. The van der Waals surface area contributed by atoms with E-state index in [0.29, 0.717) is 23.0 Å². The smallest absolute Gasteiger partial charge is 0.253 e. The Balaban J connectivity index is 1.56. The van der Waals surface area contributed by atoms with Crippen molar-refractivity contribution in [3.63, 3.8) is 0 Å². The van der Waals surface area contributed by atoms with Gasteiger partial charge in [0.1, 0.15) is 0 Å². The van der Waals surface area contributed by atoms with Crippen LogP contribution in [0.1, 0.15) is 60.6 Å². The molecule has 2 aliphatic heterocycles. The van der Waals surface area contributed by atoms with Crippen LogP contribution in [0.4, 0.5) is 0 Å². The summed E-state index contributed by atoms with van der Waals surface area (Å²) >= 11 is 0. The normalized spacial score (nSPS) is 21.6. The number of benzene rings is 1. The summed E-state index contributed by atoms with van der Waals surface area (Å²) in [5.41, 5.74) is 3.38. The number of hydrogen-bond acceptors (Lipinski definition) is 4. The molecule has 7 heteroatoms. The second kappa shape index (κ2) is 7.38. The number of rotatable bonds is 3. The van der Waals surface area contributed by atoms with Gasteiger partial charge in [-0.2, -0.15) is 0 Å². The van der Waals surface area contributed by atoms with Gasteiger partial charge in [-0.25, -0.2) is 12.4 Å². The Kier molecular flexibility index (Phi) is 4.93. The minimum Gasteiger partial charge on any atom is -0.339 e. The van der Waals surface area contributed by atoms with E-state index in [1.807, 2.05) is 17.0 Å². The second-order valence-corrected chi connectivity index (χ2v) is 11.3. The van der Waals surface area contributed by atoms with Crippen LogP contribution < -0.4 is 0 Å². The zero-order chi connectivity index (χ0) is 21.0. The number of nitrogens with zero attached hydrogens (tertiary/aromatic N) is 3.